The molecule has 1 atom stereocenters. The van der Waals surface area contributed by atoms with Crippen molar-refractivity contribution in [1.82, 2.24) is 10.2 Å². The molecule has 1 aliphatic rings. The van der Waals surface area contributed by atoms with Crippen LogP contribution in [0.5, 0.6) is 0 Å². The summed E-state index contributed by atoms with van der Waals surface area (Å²) in [5.74, 6) is -0.843. The van der Waals surface area contributed by atoms with Crippen LogP contribution >= 0.6 is 11.6 Å². The van der Waals surface area contributed by atoms with Crippen LogP contribution in [0.15, 0.2) is 24.3 Å². The Bertz CT molecular complexity index is 558. The van der Waals surface area contributed by atoms with E-state index >= 15 is 0 Å². The van der Waals surface area contributed by atoms with Crippen LogP contribution in [0.25, 0.3) is 0 Å². The maximum absolute atomic E-state index is 12.1. The van der Waals surface area contributed by atoms with Crippen molar-refractivity contribution in [1.29, 1.82) is 0 Å². The molecule has 0 saturated heterocycles. The highest BCUT2D eigenvalue weighted by molar-refractivity contribution is 6.31. The number of hydrogen-bond donors (Lipinski definition) is 2. The molecule has 114 valence electrons. The molecule has 0 bridgehead atoms. The fourth-order valence-electron chi connectivity index (χ4n) is 2.19. The number of halogens is 1. The fourth-order valence-corrected chi connectivity index (χ4v) is 2.48. The fraction of sp³-hybridized carbons (Fsp3) is 0.467. The zero-order valence-electron chi connectivity index (χ0n) is 12.1. The van der Waals surface area contributed by atoms with E-state index in [1.807, 2.05) is 25.1 Å². The van der Waals surface area contributed by atoms with Crippen LogP contribution in [0.2, 0.25) is 5.02 Å². The van der Waals surface area contributed by atoms with E-state index in [0.717, 1.165) is 5.56 Å². The molecule has 1 aliphatic carbocycles. The molecule has 1 saturated carbocycles. The minimum atomic E-state index is -0.843. The number of aliphatic carboxylic acids is 1. The minimum Gasteiger partial charge on any atom is -0.481 e. The maximum atomic E-state index is 12.1. The van der Waals surface area contributed by atoms with Crippen molar-refractivity contribution in [3.63, 3.8) is 0 Å². The molecule has 21 heavy (non-hydrogen) atoms. The molecule has 0 radical (unpaired) electrons. The van der Waals surface area contributed by atoms with E-state index in [9.17, 15) is 9.59 Å². The van der Waals surface area contributed by atoms with E-state index in [0.29, 0.717) is 17.9 Å². The molecule has 2 N–H and O–H groups in total. The van der Waals surface area contributed by atoms with Gasteiger partial charge in [0, 0.05) is 18.6 Å². The Morgan fingerprint density at radius 3 is 2.57 bits per heavy atom. The van der Waals surface area contributed by atoms with Gasteiger partial charge in [0.05, 0.1) is 11.5 Å². The van der Waals surface area contributed by atoms with E-state index in [2.05, 4.69) is 5.32 Å². The first-order valence-electron chi connectivity index (χ1n) is 6.86. The summed E-state index contributed by atoms with van der Waals surface area (Å²) in [5.41, 5.74) is 0.0978. The number of nitrogens with one attached hydrogen (secondary N) is 1. The second kappa shape index (κ2) is 5.93. The predicted octanol–water partition coefficient (Wildman–Crippen LogP) is 2.91. The zero-order valence-corrected chi connectivity index (χ0v) is 12.9. The SMILES string of the molecule is CC(c1ccccc1Cl)N(C)C(=O)NCC1(C(=O)O)CC1. The molecule has 6 heteroatoms. The molecule has 1 aromatic carbocycles. The van der Waals surface area contributed by atoms with Crippen molar-refractivity contribution in [2.45, 2.75) is 25.8 Å². The van der Waals surface area contributed by atoms with Crippen molar-refractivity contribution in [3.05, 3.63) is 34.9 Å². The zero-order chi connectivity index (χ0) is 15.6. The van der Waals surface area contributed by atoms with Gasteiger partial charge < -0.3 is 15.3 Å². The Morgan fingerprint density at radius 2 is 2.05 bits per heavy atom. The molecule has 2 amide bonds. The molecule has 0 spiro atoms. The van der Waals surface area contributed by atoms with Gasteiger partial charge in [0.15, 0.2) is 0 Å². The first kappa shape index (κ1) is 15.6. The van der Waals surface area contributed by atoms with E-state index in [1.54, 1.807) is 13.1 Å². The number of nitrogens with zero attached hydrogens (tertiary/aromatic N) is 1. The smallest absolute Gasteiger partial charge is 0.317 e. The number of carboxylic acids is 1. The molecule has 0 aliphatic heterocycles. The number of carbonyl (C=O) groups is 2. The second-order valence-corrected chi connectivity index (χ2v) is 5.96. The average molecular weight is 311 g/mol. The van der Waals surface area contributed by atoms with Crippen molar-refractivity contribution in [2.75, 3.05) is 13.6 Å². The van der Waals surface area contributed by atoms with Crippen LogP contribution in [-0.2, 0) is 4.79 Å². The highest BCUT2D eigenvalue weighted by Crippen LogP contribution is 2.45. The van der Waals surface area contributed by atoms with Gasteiger partial charge in [-0.3, -0.25) is 4.79 Å². The summed E-state index contributed by atoms with van der Waals surface area (Å²) in [6.07, 6.45) is 1.23. The third-order valence-electron chi connectivity index (χ3n) is 4.14. The van der Waals surface area contributed by atoms with Gasteiger partial charge in [-0.1, -0.05) is 29.8 Å². The minimum absolute atomic E-state index is 0.167. The number of benzene rings is 1. The Kier molecular flexibility index (Phi) is 4.42. The lowest BCUT2D eigenvalue weighted by Gasteiger charge is -2.27. The summed E-state index contributed by atoms with van der Waals surface area (Å²) < 4.78 is 0. The van der Waals surface area contributed by atoms with Crippen molar-refractivity contribution >= 4 is 23.6 Å². The summed E-state index contributed by atoms with van der Waals surface area (Å²) in [6.45, 7) is 2.05. The third-order valence-corrected chi connectivity index (χ3v) is 4.49. The normalized spacial score (nSPS) is 16.9. The van der Waals surface area contributed by atoms with E-state index in [4.69, 9.17) is 16.7 Å². The summed E-state index contributed by atoms with van der Waals surface area (Å²) in [6, 6.07) is 6.86. The molecule has 0 aromatic heterocycles. The lowest BCUT2D eigenvalue weighted by atomic mass is 10.1. The van der Waals surface area contributed by atoms with Crippen LogP contribution in [-0.4, -0.2) is 35.6 Å². The van der Waals surface area contributed by atoms with Crippen molar-refractivity contribution in [2.24, 2.45) is 5.41 Å². The van der Waals surface area contributed by atoms with Gasteiger partial charge in [0.1, 0.15) is 0 Å². The Labute approximate surface area is 128 Å². The maximum Gasteiger partial charge on any atom is 0.317 e. The van der Waals surface area contributed by atoms with Crippen LogP contribution < -0.4 is 5.32 Å². The highest BCUT2D eigenvalue weighted by Gasteiger charge is 2.50. The number of amides is 2. The van der Waals surface area contributed by atoms with Crippen LogP contribution in [0.3, 0.4) is 0 Å². The van der Waals surface area contributed by atoms with Gasteiger partial charge in [-0.05, 0) is 31.4 Å². The molecule has 0 heterocycles. The average Bonchev–Trinajstić information content (AvgIpc) is 3.25. The van der Waals surface area contributed by atoms with Crippen molar-refractivity contribution < 1.29 is 14.7 Å². The summed E-state index contributed by atoms with van der Waals surface area (Å²) in [7, 11) is 1.67. The Balaban J connectivity index is 1.96. The molecular weight excluding hydrogens is 292 g/mol. The van der Waals surface area contributed by atoms with Gasteiger partial charge >= 0.3 is 12.0 Å². The van der Waals surface area contributed by atoms with Crippen LogP contribution in [0.4, 0.5) is 4.79 Å². The monoisotopic (exact) mass is 310 g/mol. The van der Waals surface area contributed by atoms with Crippen LogP contribution in [0.1, 0.15) is 31.4 Å². The molecule has 1 aromatic rings. The first-order valence-corrected chi connectivity index (χ1v) is 7.24. The quantitative estimate of drug-likeness (QED) is 0.878. The van der Waals surface area contributed by atoms with E-state index in [-0.39, 0.29) is 18.6 Å². The molecular formula is C15H19ClN2O3. The lowest BCUT2D eigenvalue weighted by molar-refractivity contribution is -0.143. The molecule has 1 unspecified atom stereocenters. The Morgan fingerprint density at radius 1 is 1.43 bits per heavy atom. The van der Waals surface area contributed by atoms with Crippen molar-refractivity contribution in [3.8, 4) is 0 Å². The van der Waals surface area contributed by atoms with Gasteiger partial charge in [-0.15, -0.1) is 0 Å². The Hall–Kier alpha value is -1.75. The number of carboxylic acid groups (broad SMARTS) is 1. The highest BCUT2D eigenvalue weighted by atomic mass is 35.5. The number of carbonyl (C=O) groups excluding carboxylic acids is 1. The summed E-state index contributed by atoms with van der Waals surface area (Å²) in [4.78, 5) is 24.8. The van der Waals surface area contributed by atoms with Crippen LogP contribution in [0, 0.1) is 5.41 Å². The number of urea groups is 1. The topological polar surface area (TPSA) is 69.6 Å². The van der Waals surface area contributed by atoms with E-state index in [1.165, 1.54) is 4.90 Å². The third kappa shape index (κ3) is 3.29. The predicted molar refractivity (Wildman–Crippen MR) is 80.3 cm³/mol. The molecule has 5 nitrogen and oxygen atoms in total. The summed E-state index contributed by atoms with van der Waals surface area (Å²) in [5, 5.41) is 12.4. The van der Waals surface area contributed by atoms with E-state index < -0.39 is 11.4 Å². The summed E-state index contributed by atoms with van der Waals surface area (Å²) >= 11 is 6.13. The number of hydrogen-bond acceptors (Lipinski definition) is 2. The molecule has 1 fully saturated rings. The van der Waals surface area contributed by atoms with Gasteiger partial charge in [-0.25, -0.2) is 4.79 Å². The van der Waals surface area contributed by atoms with Gasteiger partial charge in [0.25, 0.3) is 0 Å². The molecule has 2 rings (SSSR count). The standard InChI is InChI=1S/C15H19ClN2O3/c1-10(11-5-3-4-6-12(11)16)18(2)14(21)17-9-15(7-8-15)13(19)20/h3-6,10H,7-9H2,1-2H3,(H,17,21)(H,19,20). The number of rotatable bonds is 5. The first-order chi connectivity index (χ1) is 9.87. The largest absolute Gasteiger partial charge is 0.481 e. The van der Waals surface area contributed by atoms with Gasteiger partial charge in [0.2, 0.25) is 0 Å². The van der Waals surface area contributed by atoms with Gasteiger partial charge in [-0.2, -0.15) is 0 Å². The second-order valence-electron chi connectivity index (χ2n) is 5.55. The lowest BCUT2D eigenvalue weighted by Crippen LogP contribution is -2.42.